The second kappa shape index (κ2) is 6.87. The minimum atomic E-state index is -4.84. The second-order valence-corrected chi connectivity index (χ2v) is 7.61. The van der Waals surface area contributed by atoms with Crippen molar-refractivity contribution in [3.8, 4) is 0 Å². The summed E-state index contributed by atoms with van der Waals surface area (Å²) < 4.78 is 39.1. The summed E-state index contributed by atoms with van der Waals surface area (Å²) in [6.07, 6.45) is -4.84. The molecule has 0 amide bonds. The summed E-state index contributed by atoms with van der Waals surface area (Å²) >= 11 is 1.53. The first-order valence-corrected chi connectivity index (χ1v) is 8.76. The molecule has 1 unspecified atom stereocenters. The molecule has 0 aliphatic rings. The molecule has 5 nitrogen and oxygen atoms in total. The SMILES string of the molecule is CC(C)CSCC(C)(O)c1cc2cc([N+](=O)[O-])c(C(F)(F)F)cc2[nH]1. The fraction of sp³-hybridized carbons (Fsp3) is 0.500. The first-order valence-electron chi connectivity index (χ1n) is 7.61. The van der Waals surface area contributed by atoms with Crippen LogP contribution < -0.4 is 0 Å². The summed E-state index contributed by atoms with van der Waals surface area (Å²) in [4.78, 5) is 12.7. The Kier molecular flexibility index (Phi) is 5.38. The van der Waals surface area contributed by atoms with Crippen LogP contribution in [-0.2, 0) is 11.8 Å². The Balaban J connectivity index is 2.43. The van der Waals surface area contributed by atoms with E-state index in [1.165, 1.54) is 17.8 Å². The number of nitro groups is 1. The number of nitrogens with zero attached hydrogens (tertiary/aromatic N) is 1. The summed E-state index contributed by atoms with van der Waals surface area (Å²) in [5.74, 6) is 1.63. The summed E-state index contributed by atoms with van der Waals surface area (Å²) in [6.45, 7) is 5.65. The Morgan fingerprint density at radius 3 is 2.48 bits per heavy atom. The van der Waals surface area contributed by atoms with Crippen molar-refractivity contribution >= 4 is 28.4 Å². The average Bonchev–Trinajstić information content (AvgIpc) is 2.88. The van der Waals surface area contributed by atoms with Gasteiger partial charge in [0.05, 0.1) is 4.92 Å². The molecule has 138 valence electrons. The van der Waals surface area contributed by atoms with E-state index in [0.717, 1.165) is 11.8 Å². The second-order valence-electron chi connectivity index (χ2n) is 6.58. The van der Waals surface area contributed by atoms with Gasteiger partial charge in [0.25, 0.3) is 5.69 Å². The van der Waals surface area contributed by atoms with Gasteiger partial charge in [0.15, 0.2) is 0 Å². The number of aliphatic hydroxyl groups is 1. The van der Waals surface area contributed by atoms with Crippen LogP contribution in [0.25, 0.3) is 10.9 Å². The van der Waals surface area contributed by atoms with E-state index < -0.39 is 28.0 Å². The topological polar surface area (TPSA) is 79.2 Å². The summed E-state index contributed by atoms with van der Waals surface area (Å²) in [6, 6.07) is 3.06. The highest BCUT2D eigenvalue weighted by Gasteiger charge is 2.39. The van der Waals surface area contributed by atoms with E-state index in [1.807, 2.05) is 13.8 Å². The third-order valence-electron chi connectivity index (χ3n) is 3.65. The van der Waals surface area contributed by atoms with E-state index >= 15 is 0 Å². The minimum Gasteiger partial charge on any atom is -0.383 e. The molecule has 0 spiro atoms. The lowest BCUT2D eigenvalue weighted by Crippen LogP contribution is -2.25. The molecule has 2 aromatic rings. The number of hydrogen-bond donors (Lipinski definition) is 2. The number of aromatic nitrogens is 1. The van der Waals surface area contributed by atoms with Gasteiger partial charge < -0.3 is 10.1 Å². The van der Waals surface area contributed by atoms with Gasteiger partial charge in [-0.15, -0.1) is 0 Å². The van der Waals surface area contributed by atoms with E-state index in [4.69, 9.17) is 0 Å². The van der Waals surface area contributed by atoms with Gasteiger partial charge in [-0.25, -0.2) is 0 Å². The number of halogens is 3. The molecule has 0 radical (unpaired) electrons. The number of hydrogen-bond acceptors (Lipinski definition) is 4. The van der Waals surface area contributed by atoms with E-state index in [0.29, 0.717) is 23.4 Å². The van der Waals surface area contributed by atoms with Gasteiger partial charge in [-0.2, -0.15) is 24.9 Å². The molecular weight excluding hydrogens is 357 g/mol. The van der Waals surface area contributed by atoms with Crippen molar-refractivity contribution in [2.24, 2.45) is 5.92 Å². The Bertz CT molecular complexity index is 785. The highest BCUT2D eigenvalue weighted by Crippen LogP contribution is 2.39. The first-order chi connectivity index (χ1) is 11.4. The van der Waals surface area contributed by atoms with E-state index in [-0.39, 0.29) is 10.9 Å². The van der Waals surface area contributed by atoms with Crippen molar-refractivity contribution in [1.82, 2.24) is 4.98 Å². The number of nitrogens with one attached hydrogen (secondary N) is 1. The summed E-state index contributed by atoms with van der Waals surface area (Å²) in [5.41, 5.74) is -3.17. The Morgan fingerprint density at radius 2 is 1.96 bits per heavy atom. The zero-order valence-electron chi connectivity index (χ0n) is 14.0. The van der Waals surface area contributed by atoms with Crippen molar-refractivity contribution < 1.29 is 23.2 Å². The summed E-state index contributed by atoms with van der Waals surface area (Å²) in [7, 11) is 0. The molecular formula is C16H19F3N2O3S. The van der Waals surface area contributed by atoms with Gasteiger partial charge >= 0.3 is 6.18 Å². The van der Waals surface area contributed by atoms with Gasteiger partial charge in [0.1, 0.15) is 11.2 Å². The van der Waals surface area contributed by atoms with Crippen LogP contribution in [-0.4, -0.2) is 26.5 Å². The van der Waals surface area contributed by atoms with Crippen LogP contribution in [0.15, 0.2) is 18.2 Å². The standard InChI is InChI=1S/C16H19F3N2O3S/c1-9(2)7-25-8-15(3,22)14-5-10-4-13(21(23)24)11(16(17,18)19)6-12(10)20-14/h4-6,9,20,22H,7-8H2,1-3H3. The molecule has 1 atom stereocenters. The number of fused-ring (bicyclic) bond motifs is 1. The third kappa shape index (κ3) is 4.46. The molecule has 0 saturated carbocycles. The highest BCUT2D eigenvalue weighted by atomic mass is 32.2. The maximum atomic E-state index is 13.0. The quantitative estimate of drug-likeness (QED) is 0.566. The fourth-order valence-electron chi connectivity index (χ4n) is 2.41. The van der Waals surface area contributed by atoms with Crippen LogP contribution in [0, 0.1) is 16.0 Å². The van der Waals surface area contributed by atoms with Gasteiger partial charge in [-0.1, -0.05) is 13.8 Å². The van der Waals surface area contributed by atoms with E-state index in [2.05, 4.69) is 4.98 Å². The fourth-order valence-corrected chi connectivity index (χ4v) is 3.55. The number of nitro benzene ring substituents is 1. The smallest absolute Gasteiger partial charge is 0.383 e. The van der Waals surface area contributed by atoms with Crippen LogP contribution in [0.4, 0.5) is 18.9 Å². The van der Waals surface area contributed by atoms with Crippen LogP contribution >= 0.6 is 11.8 Å². The molecule has 0 bridgehead atoms. The van der Waals surface area contributed by atoms with Crippen molar-refractivity contribution in [3.05, 3.63) is 39.6 Å². The first kappa shape index (κ1) is 19.6. The number of benzene rings is 1. The lowest BCUT2D eigenvalue weighted by atomic mass is 10.1. The molecule has 2 N–H and O–H groups in total. The predicted octanol–water partition coefficient (Wildman–Crippen LogP) is 4.69. The Morgan fingerprint density at radius 1 is 1.32 bits per heavy atom. The van der Waals surface area contributed by atoms with E-state index in [1.54, 1.807) is 6.92 Å². The number of thioether (sulfide) groups is 1. The molecule has 0 aliphatic heterocycles. The van der Waals surface area contributed by atoms with Crippen LogP contribution in [0.1, 0.15) is 32.0 Å². The Hall–Kier alpha value is -1.74. The maximum Gasteiger partial charge on any atom is 0.423 e. The van der Waals surface area contributed by atoms with Gasteiger partial charge in [0.2, 0.25) is 0 Å². The lowest BCUT2D eigenvalue weighted by Gasteiger charge is -2.22. The van der Waals surface area contributed by atoms with Gasteiger partial charge in [0, 0.05) is 28.4 Å². The molecule has 25 heavy (non-hydrogen) atoms. The zero-order valence-corrected chi connectivity index (χ0v) is 14.8. The van der Waals surface area contributed by atoms with Gasteiger partial charge in [-0.3, -0.25) is 10.1 Å². The molecule has 0 fully saturated rings. The summed E-state index contributed by atoms with van der Waals surface area (Å²) in [5, 5.41) is 21.8. The molecule has 0 saturated heterocycles. The number of alkyl halides is 3. The number of aromatic amines is 1. The number of rotatable bonds is 6. The van der Waals surface area contributed by atoms with Crippen LogP contribution in [0.3, 0.4) is 0 Å². The molecule has 2 rings (SSSR count). The molecule has 9 heteroatoms. The molecule has 1 aromatic heterocycles. The van der Waals surface area contributed by atoms with Crippen LogP contribution in [0.5, 0.6) is 0 Å². The predicted molar refractivity (Wildman–Crippen MR) is 91.7 cm³/mol. The molecule has 1 heterocycles. The van der Waals surface area contributed by atoms with Crippen molar-refractivity contribution in [3.63, 3.8) is 0 Å². The maximum absolute atomic E-state index is 13.0. The van der Waals surface area contributed by atoms with Gasteiger partial charge in [-0.05, 0) is 30.7 Å². The average molecular weight is 376 g/mol. The Labute approximate surface area is 146 Å². The van der Waals surface area contributed by atoms with Crippen molar-refractivity contribution in [1.29, 1.82) is 0 Å². The minimum absolute atomic E-state index is 0.0991. The van der Waals surface area contributed by atoms with Crippen molar-refractivity contribution in [2.75, 3.05) is 11.5 Å². The van der Waals surface area contributed by atoms with Crippen LogP contribution in [0.2, 0.25) is 0 Å². The normalized spacial score (nSPS) is 14.9. The number of H-pyrrole nitrogens is 1. The van der Waals surface area contributed by atoms with E-state index in [9.17, 15) is 28.4 Å². The highest BCUT2D eigenvalue weighted by molar-refractivity contribution is 7.99. The molecule has 1 aromatic carbocycles. The lowest BCUT2D eigenvalue weighted by molar-refractivity contribution is -0.387. The monoisotopic (exact) mass is 376 g/mol. The zero-order chi connectivity index (χ0) is 19.0. The molecule has 0 aliphatic carbocycles. The largest absolute Gasteiger partial charge is 0.423 e. The third-order valence-corrected chi connectivity index (χ3v) is 5.32. The van der Waals surface area contributed by atoms with Crippen molar-refractivity contribution in [2.45, 2.75) is 32.5 Å².